The van der Waals surface area contributed by atoms with Crippen LogP contribution in [0.15, 0.2) is 47.5 Å². The van der Waals surface area contributed by atoms with Gasteiger partial charge in [0.2, 0.25) is 0 Å². The fraction of sp³-hybridized carbons (Fsp3) is 0.0769. The fourth-order valence-corrected chi connectivity index (χ4v) is 1.78. The Kier molecular flexibility index (Phi) is 3.84. The lowest BCUT2D eigenvalue weighted by Crippen LogP contribution is -1.99. The highest BCUT2D eigenvalue weighted by atomic mass is 32.2. The first kappa shape index (κ1) is 12.4. The van der Waals surface area contributed by atoms with Crippen molar-refractivity contribution in [3.05, 3.63) is 48.3 Å². The van der Waals surface area contributed by atoms with Gasteiger partial charge in [-0.15, -0.1) is 11.8 Å². The van der Waals surface area contributed by atoms with Crippen LogP contribution in [0.25, 0.3) is 0 Å². The van der Waals surface area contributed by atoms with Crippen LogP contribution in [0.1, 0.15) is 10.5 Å². The Hall–Kier alpha value is -2.01. The summed E-state index contributed by atoms with van der Waals surface area (Å²) in [6, 6.07) is 10.6. The molecule has 5 heteroatoms. The Morgan fingerprint density at radius 3 is 2.56 bits per heavy atom. The van der Waals surface area contributed by atoms with E-state index in [2.05, 4.69) is 4.98 Å². The van der Waals surface area contributed by atoms with Gasteiger partial charge >= 0.3 is 5.97 Å². The second-order valence-electron chi connectivity index (χ2n) is 3.46. The number of pyridine rings is 1. The number of nitrogens with zero attached hydrogens (tertiary/aromatic N) is 1. The van der Waals surface area contributed by atoms with Gasteiger partial charge in [-0.2, -0.15) is 0 Å². The molecule has 0 amide bonds. The van der Waals surface area contributed by atoms with E-state index in [-0.39, 0.29) is 5.69 Å². The number of hydrogen-bond donors (Lipinski definition) is 1. The number of rotatable bonds is 4. The van der Waals surface area contributed by atoms with E-state index in [1.165, 1.54) is 12.3 Å². The standard InChI is InChI=1S/C13H11NO3S/c1-18-11-4-2-9(3-5-11)17-10-6-7-14-12(8-10)13(15)16/h2-8H,1H3,(H,15,16). The van der Waals surface area contributed by atoms with Gasteiger partial charge < -0.3 is 9.84 Å². The molecular formula is C13H11NO3S. The summed E-state index contributed by atoms with van der Waals surface area (Å²) in [6.07, 6.45) is 3.41. The van der Waals surface area contributed by atoms with Crippen molar-refractivity contribution < 1.29 is 14.6 Å². The first-order valence-corrected chi connectivity index (χ1v) is 6.43. The third kappa shape index (κ3) is 3.01. The minimum Gasteiger partial charge on any atom is -0.477 e. The molecule has 0 aliphatic rings. The molecule has 1 aromatic carbocycles. The van der Waals surface area contributed by atoms with Crippen LogP contribution in [0.5, 0.6) is 11.5 Å². The smallest absolute Gasteiger partial charge is 0.354 e. The van der Waals surface area contributed by atoms with Crippen molar-refractivity contribution in [2.24, 2.45) is 0 Å². The fourth-order valence-electron chi connectivity index (χ4n) is 1.37. The Labute approximate surface area is 109 Å². The van der Waals surface area contributed by atoms with Crippen molar-refractivity contribution >= 4 is 17.7 Å². The van der Waals surface area contributed by atoms with Crippen molar-refractivity contribution in [3.8, 4) is 11.5 Å². The van der Waals surface area contributed by atoms with Gasteiger partial charge in [-0.1, -0.05) is 0 Å². The number of hydrogen-bond acceptors (Lipinski definition) is 4. The molecular weight excluding hydrogens is 250 g/mol. The molecule has 0 radical (unpaired) electrons. The average Bonchev–Trinajstić information content (AvgIpc) is 2.40. The molecule has 92 valence electrons. The zero-order valence-corrected chi connectivity index (χ0v) is 10.5. The van der Waals surface area contributed by atoms with Gasteiger partial charge in [0.25, 0.3) is 0 Å². The van der Waals surface area contributed by atoms with E-state index >= 15 is 0 Å². The van der Waals surface area contributed by atoms with Gasteiger partial charge in [-0.25, -0.2) is 9.78 Å². The lowest BCUT2D eigenvalue weighted by molar-refractivity contribution is 0.0690. The maximum atomic E-state index is 10.8. The number of benzene rings is 1. The second-order valence-corrected chi connectivity index (χ2v) is 4.34. The number of carboxylic acids is 1. The Morgan fingerprint density at radius 2 is 1.94 bits per heavy atom. The highest BCUT2D eigenvalue weighted by Gasteiger charge is 2.06. The zero-order chi connectivity index (χ0) is 13.0. The van der Waals surface area contributed by atoms with Gasteiger partial charge in [-0.3, -0.25) is 0 Å². The number of carboxylic acid groups (broad SMARTS) is 1. The number of aromatic nitrogens is 1. The van der Waals surface area contributed by atoms with Crippen molar-refractivity contribution in [1.29, 1.82) is 0 Å². The van der Waals surface area contributed by atoms with Gasteiger partial charge in [0, 0.05) is 17.2 Å². The third-order valence-corrected chi connectivity index (χ3v) is 2.99. The van der Waals surface area contributed by atoms with Gasteiger partial charge in [-0.05, 0) is 36.6 Å². The number of ether oxygens (including phenoxy) is 1. The van der Waals surface area contributed by atoms with Crippen molar-refractivity contribution in [3.63, 3.8) is 0 Å². The molecule has 2 aromatic rings. The summed E-state index contributed by atoms with van der Waals surface area (Å²) in [5, 5.41) is 8.82. The molecule has 1 N–H and O–H groups in total. The summed E-state index contributed by atoms with van der Waals surface area (Å²) in [7, 11) is 0. The van der Waals surface area contributed by atoms with Gasteiger partial charge in [0.15, 0.2) is 5.69 Å². The maximum absolute atomic E-state index is 10.8. The summed E-state index contributed by atoms with van der Waals surface area (Å²) >= 11 is 1.65. The van der Waals surface area contributed by atoms with Crippen LogP contribution in [-0.4, -0.2) is 22.3 Å². The molecule has 0 fully saturated rings. The zero-order valence-electron chi connectivity index (χ0n) is 9.66. The summed E-state index contributed by atoms with van der Waals surface area (Å²) < 4.78 is 5.56. The highest BCUT2D eigenvalue weighted by Crippen LogP contribution is 2.24. The molecule has 0 aliphatic heterocycles. The normalized spacial score (nSPS) is 10.1. The van der Waals surface area contributed by atoms with E-state index in [1.54, 1.807) is 17.8 Å². The van der Waals surface area contributed by atoms with Crippen LogP contribution in [-0.2, 0) is 0 Å². The average molecular weight is 261 g/mol. The molecule has 18 heavy (non-hydrogen) atoms. The largest absolute Gasteiger partial charge is 0.477 e. The van der Waals surface area contributed by atoms with Gasteiger partial charge in [0.05, 0.1) is 0 Å². The SMILES string of the molecule is CSc1ccc(Oc2ccnc(C(=O)O)c2)cc1. The molecule has 0 aliphatic carbocycles. The molecule has 0 atom stereocenters. The minimum atomic E-state index is -1.07. The monoisotopic (exact) mass is 261 g/mol. The summed E-state index contributed by atoms with van der Waals surface area (Å²) in [6.45, 7) is 0. The maximum Gasteiger partial charge on any atom is 0.354 e. The van der Waals surface area contributed by atoms with Crippen LogP contribution in [0.2, 0.25) is 0 Å². The molecule has 0 saturated carbocycles. The topological polar surface area (TPSA) is 59.4 Å². The first-order valence-electron chi connectivity index (χ1n) is 5.20. The van der Waals surface area contributed by atoms with Crippen LogP contribution in [0.4, 0.5) is 0 Å². The van der Waals surface area contributed by atoms with Crippen LogP contribution in [0.3, 0.4) is 0 Å². The number of aromatic carboxylic acids is 1. The summed E-state index contributed by atoms with van der Waals surface area (Å²) in [5.74, 6) is 0.0489. The van der Waals surface area contributed by atoms with Gasteiger partial charge in [0.1, 0.15) is 11.5 Å². The Balaban J connectivity index is 2.17. The van der Waals surface area contributed by atoms with Crippen molar-refractivity contribution in [1.82, 2.24) is 4.98 Å². The van der Waals surface area contributed by atoms with E-state index in [4.69, 9.17) is 9.84 Å². The summed E-state index contributed by atoms with van der Waals surface area (Å²) in [5.41, 5.74) is -0.0340. The highest BCUT2D eigenvalue weighted by molar-refractivity contribution is 7.98. The quantitative estimate of drug-likeness (QED) is 0.856. The van der Waals surface area contributed by atoms with Crippen LogP contribution >= 0.6 is 11.8 Å². The molecule has 1 aromatic heterocycles. The minimum absolute atomic E-state index is 0.0340. The second kappa shape index (κ2) is 5.55. The van der Waals surface area contributed by atoms with Crippen LogP contribution in [0, 0.1) is 0 Å². The predicted molar refractivity (Wildman–Crippen MR) is 69.5 cm³/mol. The van der Waals surface area contributed by atoms with E-state index in [1.807, 2.05) is 30.5 Å². The third-order valence-electron chi connectivity index (χ3n) is 2.25. The van der Waals surface area contributed by atoms with Crippen LogP contribution < -0.4 is 4.74 Å². The Bertz CT molecular complexity index is 554. The molecule has 0 bridgehead atoms. The lowest BCUT2D eigenvalue weighted by Gasteiger charge is -2.06. The lowest BCUT2D eigenvalue weighted by atomic mass is 10.3. The molecule has 4 nitrogen and oxygen atoms in total. The van der Waals surface area contributed by atoms with Crippen molar-refractivity contribution in [2.45, 2.75) is 4.90 Å². The summed E-state index contributed by atoms with van der Waals surface area (Å²) in [4.78, 5) is 15.6. The molecule has 2 rings (SSSR count). The molecule has 1 heterocycles. The van der Waals surface area contributed by atoms with E-state index in [0.717, 1.165) is 4.90 Å². The molecule has 0 spiro atoms. The number of thioether (sulfide) groups is 1. The molecule has 0 unspecified atom stereocenters. The predicted octanol–water partition coefficient (Wildman–Crippen LogP) is 3.29. The van der Waals surface area contributed by atoms with E-state index in [9.17, 15) is 4.79 Å². The first-order chi connectivity index (χ1) is 8.69. The van der Waals surface area contributed by atoms with Crippen molar-refractivity contribution in [2.75, 3.05) is 6.26 Å². The molecule has 0 saturated heterocycles. The van der Waals surface area contributed by atoms with E-state index < -0.39 is 5.97 Å². The Morgan fingerprint density at radius 1 is 1.22 bits per heavy atom. The number of carbonyl (C=O) groups is 1. The van der Waals surface area contributed by atoms with E-state index in [0.29, 0.717) is 11.5 Å².